The third-order valence-electron chi connectivity index (χ3n) is 2.39. The lowest BCUT2D eigenvalue weighted by molar-refractivity contribution is 0.490. The Morgan fingerprint density at radius 2 is 2.19 bits per heavy atom. The summed E-state index contributed by atoms with van der Waals surface area (Å²) < 4.78 is 5.44. The van der Waals surface area contributed by atoms with Crippen LogP contribution in [0.25, 0.3) is 0 Å². The van der Waals surface area contributed by atoms with Crippen LogP contribution in [0.15, 0.2) is 28.8 Å². The smallest absolute Gasteiger partial charge is 0.126 e. The molecule has 0 radical (unpaired) electrons. The zero-order chi connectivity index (χ0) is 11.5. The number of hydrogen-bond donors (Lipinski definition) is 2. The van der Waals surface area contributed by atoms with Crippen LogP contribution in [0.1, 0.15) is 17.1 Å². The van der Waals surface area contributed by atoms with Crippen molar-refractivity contribution in [2.24, 2.45) is 0 Å². The summed E-state index contributed by atoms with van der Waals surface area (Å²) in [5, 5.41) is 3.18. The van der Waals surface area contributed by atoms with Crippen LogP contribution in [-0.4, -0.2) is 4.98 Å². The Bertz CT molecular complexity index is 491. The third-order valence-corrected chi connectivity index (χ3v) is 2.39. The topological polar surface area (TPSA) is 64.1 Å². The summed E-state index contributed by atoms with van der Waals surface area (Å²) in [5.74, 6) is 2.62. The minimum absolute atomic E-state index is 0.629. The standard InChI is InChI=1S/C12H15N3O/c1-8-5-12(15-7-11(8)13)14-6-10-4-3-9(2)16-10/h3-5,7H,6,13H2,1-2H3,(H,14,15). The molecule has 4 nitrogen and oxygen atoms in total. The summed E-state index contributed by atoms with van der Waals surface area (Å²) >= 11 is 0. The second-order valence-electron chi connectivity index (χ2n) is 3.79. The molecule has 0 amide bonds. The Hall–Kier alpha value is -1.97. The molecule has 0 aliphatic heterocycles. The van der Waals surface area contributed by atoms with Gasteiger partial charge in [-0.3, -0.25) is 0 Å². The highest BCUT2D eigenvalue weighted by atomic mass is 16.3. The summed E-state index contributed by atoms with van der Waals surface area (Å²) in [6.45, 7) is 4.51. The van der Waals surface area contributed by atoms with E-state index in [-0.39, 0.29) is 0 Å². The first-order chi connectivity index (χ1) is 7.65. The molecule has 0 bridgehead atoms. The summed E-state index contributed by atoms with van der Waals surface area (Å²) in [6.07, 6.45) is 1.66. The lowest BCUT2D eigenvalue weighted by Crippen LogP contribution is -2.01. The first-order valence-electron chi connectivity index (χ1n) is 5.16. The van der Waals surface area contributed by atoms with Crippen LogP contribution in [-0.2, 0) is 6.54 Å². The molecule has 0 saturated heterocycles. The molecule has 0 atom stereocenters. The van der Waals surface area contributed by atoms with E-state index in [9.17, 15) is 0 Å². The van der Waals surface area contributed by atoms with Crippen molar-refractivity contribution in [2.75, 3.05) is 11.1 Å². The number of nitrogens with one attached hydrogen (secondary N) is 1. The minimum Gasteiger partial charge on any atom is -0.465 e. The van der Waals surface area contributed by atoms with Crippen LogP contribution in [0.3, 0.4) is 0 Å². The number of pyridine rings is 1. The van der Waals surface area contributed by atoms with Crippen LogP contribution < -0.4 is 11.1 Å². The van der Waals surface area contributed by atoms with Crippen LogP contribution in [0.4, 0.5) is 11.5 Å². The van der Waals surface area contributed by atoms with Crippen LogP contribution >= 0.6 is 0 Å². The van der Waals surface area contributed by atoms with Gasteiger partial charge in [0.2, 0.25) is 0 Å². The Morgan fingerprint density at radius 1 is 1.38 bits per heavy atom. The average Bonchev–Trinajstić information content (AvgIpc) is 2.66. The van der Waals surface area contributed by atoms with Gasteiger partial charge in [-0.25, -0.2) is 4.98 Å². The van der Waals surface area contributed by atoms with Crippen molar-refractivity contribution in [2.45, 2.75) is 20.4 Å². The van der Waals surface area contributed by atoms with E-state index in [1.54, 1.807) is 6.20 Å². The molecule has 2 rings (SSSR count). The van der Waals surface area contributed by atoms with Gasteiger partial charge in [0, 0.05) is 0 Å². The number of hydrogen-bond acceptors (Lipinski definition) is 4. The fourth-order valence-electron chi connectivity index (χ4n) is 1.42. The van der Waals surface area contributed by atoms with E-state index in [1.807, 2.05) is 32.0 Å². The normalized spacial score (nSPS) is 10.4. The van der Waals surface area contributed by atoms with E-state index in [1.165, 1.54) is 0 Å². The molecule has 0 saturated carbocycles. The number of furan rings is 1. The highest BCUT2D eigenvalue weighted by Crippen LogP contribution is 2.14. The Morgan fingerprint density at radius 3 is 2.81 bits per heavy atom. The maximum atomic E-state index is 5.69. The highest BCUT2D eigenvalue weighted by Gasteiger charge is 2.00. The zero-order valence-corrected chi connectivity index (χ0v) is 9.45. The van der Waals surface area contributed by atoms with Gasteiger partial charge in [0.15, 0.2) is 0 Å². The molecule has 0 aliphatic carbocycles. The summed E-state index contributed by atoms with van der Waals surface area (Å²) in [5.41, 5.74) is 7.42. The van der Waals surface area contributed by atoms with Crippen molar-refractivity contribution in [1.82, 2.24) is 4.98 Å². The van der Waals surface area contributed by atoms with Gasteiger partial charge in [-0.15, -0.1) is 0 Å². The van der Waals surface area contributed by atoms with Gasteiger partial charge >= 0.3 is 0 Å². The number of rotatable bonds is 3. The number of aryl methyl sites for hydroxylation is 2. The van der Waals surface area contributed by atoms with E-state index >= 15 is 0 Å². The average molecular weight is 217 g/mol. The third kappa shape index (κ3) is 2.34. The van der Waals surface area contributed by atoms with Gasteiger partial charge in [-0.2, -0.15) is 0 Å². The van der Waals surface area contributed by atoms with Gasteiger partial charge in [0.05, 0.1) is 18.4 Å². The number of anilines is 2. The fraction of sp³-hybridized carbons (Fsp3) is 0.250. The highest BCUT2D eigenvalue weighted by molar-refractivity contribution is 5.50. The molecule has 0 aliphatic rings. The minimum atomic E-state index is 0.629. The van der Waals surface area contributed by atoms with Gasteiger partial charge < -0.3 is 15.5 Å². The monoisotopic (exact) mass is 217 g/mol. The second kappa shape index (κ2) is 4.26. The molecule has 0 aromatic carbocycles. The summed E-state index contributed by atoms with van der Waals surface area (Å²) in [4.78, 5) is 4.18. The predicted octanol–water partition coefficient (Wildman–Crippen LogP) is 2.49. The van der Waals surface area contributed by atoms with Crippen molar-refractivity contribution in [3.63, 3.8) is 0 Å². The molecular weight excluding hydrogens is 202 g/mol. The molecule has 4 heteroatoms. The number of nitrogens with zero attached hydrogens (tertiary/aromatic N) is 1. The van der Waals surface area contributed by atoms with E-state index in [0.717, 1.165) is 22.9 Å². The van der Waals surface area contributed by atoms with Crippen molar-refractivity contribution in [3.8, 4) is 0 Å². The molecule has 0 unspecified atom stereocenters. The van der Waals surface area contributed by atoms with Gasteiger partial charge in [0.1, 0.15) is 17.3 Å². The maximum Gasteiger partial charge on any atom is 0.126 e. The second-order valence-corrected chi connectivity index (χ2v) is 3.79. The SMILES string of the molecule is Cc1ccc(CNc2cc(C)c(N)cn2)o1. The van der Waals surface area contributed by atoms with Crippen LogP contribution in [0, 0.1) is 13.8 Å². The number of nitrogens with two attached hydrogens (primary N) is 1. The molecule has 2 aromatic heterocycles. The molecule has 2 aromatic rings. The fourth-order valence-corrected chi connectivity index (χ4v) is 1.42. The van der Waals surface area contributed by atoms with Gasteiger partial charge in [-0.05, 0) is 37.6 Å². The first kappa shape index (κ1) is 10.5. The summed E-state index contributed by atoms with van der Waals surface area (Å²) in [7, 11) is 0. The van der Waals surface area contributed by atoms with Crippen molar-refractivity contribution in [3.05, 3.63) is 41.5 Å². The van der Waals surface area contributed by atoms with Crippen molar-refractivity contribution < 1.29 is 4.42 Å². The van der Waals surface area contributed by atoms with Gasteiger partial charge in [0.25, 0.3) is 0 Å². The molecule has 3 N–H and O–H groups in total. The van der Waals surface area contributed by atoms with Crippen molar-refractivity contribution >= 4 is 11.5 Å². The molecule has 84 valence electrons. The Labute approximate surface area is 94.5 Å². The van der Waals surface area contributed by atoms with E-state index in [2.05, 4.69) is 10.3 Å². The van der Waals surface area contributed by atoms with Crippen molar-refractivity contribution in [1.29, 1.82) is 0 Å². The molecule has 16 heavy (non-hydrogen) atoms. The predicted molar refractivity (Wildman–Crippen MR) is 64.2 cm³/mol. The molecule has 0 spiro atoms. The van der Waals surface area contributed by atoms with E-state index < -0.39 is 0 Å². The quantitative estimate of drug-likeness (QED) is 0.829. The van der Waals surface area contributed by atoms with E-state index in [4.69, 9.17) is 10.2 Å². The largest absolute Gasteiger partial charge is 0.465 e. The van der Waals surface area contributed by atoms with Crippen LogP contribution in [0.2, 0.25) is 0 Å². The molecule has 0 fully saturated rings. The molecular formula is C12H15N3O. The first-order valence-corrected chi connectivity index (χ1v) is 5.16. The lowest BCUT2D eigenvalue weighted by Gasteiger charge is -2.05. The number of aromatic nitrogens is 1. The Kier molecular flexibility index (Phi) is 2.81. The van der Waals surface area contributed by atoms with E-state index in [0.29, 0.717) is 12.2 Å². The van der Waals surface area contributed by atoms with Gasteiger partial charge in [-0.1, -0.05) is 0 Å². The lowest BCUT2D eigenvalue weighted by atomic mass is 10.2. The maximum absolute atomic E-state index is 5.69. The van der Waals surface area contributed by atoms with Crippen LogP contribution in [0.5, 0.6) is 0 Å². The summed E-state index contributed by atoms with van der Waals surface area (Å²) in [6, 6.07) is 5.82. The zero-order valence-electron chi connectivity index (χ0n) is 9.45. The number of nitrogen functional groups attached to an aromatic ring is 1. The Balaban J connectivity index is 2.02. The molecule has 2 heterocycles.